The standard InChI is InChI=1S/C28H26Cl2N4O3S/c1-19-10-7-8-14-25(19)34-20(2)16-22(21(34)3)17-31-32-27(35)18-33(26-15-9-13-24(29)28(26)30)38(36,37)23-11-5-4-6-12-23/h4-17H,18H2,1-3H3,(H,32,35)/b31-17+. The van der Waals surface area contributed by atoms with Crippen LogP contribution in [0.25, 0.3) is 5.69 Å². The summed E-state index contributed by atoms with van der Waals surface area (Å²) < 4.78 is 30.0. The highest BCUT2D eigenvalue weighted by atomic mass is 35.5. The van der Waals surface area contributed by atoms with Crippen LogP contribution in [0.2, 0.25) is 10.0 Å². The Labute approximate surface area is 232 Å². The first kappa shape index (κ1) is 27.4. The second-order valence-corrected chi connectivity index (χ2v) is 11.3. The van der Waals surface area contributed by atoms with Crippen LogP contribution < -0.4 is 9.73 Å². The van der Waals surface area contributed by atoms with E-state index < -0.39 is 22.5 Å². The molecule has 0 fully saturated rings. The van der Waals surface area contributed by atoms with Crippen molar-refractivity contribution in [2.45, 2.75) is 25.7 Å². The van der Waals surface area contributed by atoms with Crippen LogP contribution in [-0.4, -0.2) is 31.7 Å². The Balaban J connectivity index is 1.58. The van der Waals surface area contributed by atoms with Crippen LogP contribution in [0.5, 0.6) is 0 Å². The zero-order valence-electron chi connectivity index (χ0n) is 21.0. The number of hydrazone groups is 1. The van der Waals surface area contributed by atoms with Gasteiger partial charge in [0.1, 0.15) is 6.54 Å². The van der Waals surface area contributed by atoms with Crippen LogP contribution in [0.1, 0.15) is 22.5 Å². The molecule has 0 aliphatic rings. The summed E-state index contributed by atoms with van der Waals surface area (Å²) in [6.45, 7) is 5.45. The lowest BCUT2D eigenvalue weighted by Gasteiger charge is -2.24. The number of halogens is 2. The minimum atomic E-state index is -4.14. The van der Waals surface area contributed by atoms with Crippen LogP contribution >= 0.6 is 23.2 Å². The Morgan fingerprint density at radius 2 is 1.66 bits per heavy atom. The molecule has 1 N–H and O–H groups in total. The molecule has 196 valence electrons. The number of rotatable bonds is 8. The van der Waals surface area contributed by atoms with Crippen LogP contribution in [0.15, 0.2) is 88.9 Å². The minimum absolute atomic E-state index is 0.0102. The van der Waals surface area contributed by atoms with Crippen molar-refractivity contribution in [1.29, 1.82) is 0 Å². The van der Waals surface area contributed by atoms with Gasteiger partial charge in [-0.3, -0.25) is 9.10 Å². The number of para-hydroxylation sites is 1. The highest BCUT2D eigenvalue weighted by Crippen LogP contribution is 2.35. The second-order valence-electron chi connectivity index (χ2n) is 8.64. The van der Waals surface area contributed by atoms with Gasteiger partial charge in [0.2, 0.25) is 0 Å². The number of amides is 1. The number of aryl methyl sites for hydroxylation is 2. The smallest absolute Gasteiger partial charge is 0.264 e. The first-order chi connectivity index (χ1) is 18.1. The van der Waals surface area contributed by atoms with Crippen LogP contribution in [0.4, 0.5) is 5.69 Å². The van der Waals surface area contributed by atoms with Gasteiger partial charge in [-0.25, -0.2) is 13.8 Å². The van der Waals surface area contributed by atoms with Crippen LogP contribution in [0, 0.1) is 20.8 Å². The molecule has 0 unspecified atom stereocenters. The predicted octanol–water partition coefficient (Wildman–Crippen LogP) is 6.05. The molecule has 0 aliphatic heterocycles. The maximum Gasteiger partial charge on any atom is 0.264 e. The third-order valence-corrected chi connectivity index (χ3v) is 8.62. The average Bonchev–Trinajstić information content (AvgIpc) is 3.17. The molecule has 0 atom stereocenters. The Bertz CT molecular complexity index is 1620. The topological polar surface area (TPSA) is 83.8 Å². The first-order valence-electron chi connectivity index (χ1n) is 11.7. The Hall–Kier alpha value is -3.59. The van der Waals surface area contributed by atoms with Gasteiger partial charge in [0, 0.05) is 22.6 Å². The summed E-state index contributed by atoms with van der Waals surface area (Å²) in [5.74, 6) is -0.649. The van der Waals surface area contributed by atoms with Crippen molar-refractivity contribution in [2.24, 2.45) is 5.10 Å². The molecule has 1 heterocycles. The van der Waals surface area contributed by atoms with Crippen molar-refractivity contribution >= 4 is 51.0 Å². The Kier molecular flexibility index (Phi) is 8.26. The summed E-state index contributed by atoms with van der Waals surface area (Å²) in [5.41, 5.74) is 7.50. The quantitative estimate of drug-likeness (QED) is 0.207. The van der Waals surface area contributed by atoms with E-state index in [0.29, 0.717) is 0 Å². The largest absolute Gasteiger partial charge is 0.318 e. The zero-order valence-corrected chi connectivity index (χ0v) is 23.3. The number of hydrogen-bond donors (Lipinski definition) is 1. The molecule has 10 heteroatoms. The normalized spacial score (nSPS) is 11.6. The van der Waals surface area contributed by atoms with Crippen molar-refractivity contribution in [3.05, 3.63) is 111 Å². The molecule has 7 nitrogen and oxygen atoms in total. The highest BCUT2D eigenvalue weighted by Gasteiger charge is 2.29. The van der Waals surface area contributed by atoms with Gasteiger partial charge in [-0.15, -0.1) is 0 Å². The van der Waals surface area contributed by atoms with Gasteiger partial charge in [0.05, 0.1) is 26.8 Å². The molecule has 1 amide bonds. The molecule has 0 saturated heterocycles. The number of hydrogen-bond acceptors (Lipinski definition) is 4. The number of carbonyl (C=O) groups is 1. The fourth-order valence-electron chi connectivity index (χ4n) is 4.15. The summed E-state index contributed by atoms with van der Waals surface area (Å²) in [7, 11) is -4.14. The fourth-order valence-corrected chi connectivity index (χ4v) is 6.05. The minimum Gasteiger partial charge on any atom is -0.318 e. The van der Waals surface area contributed by atoms with E-state index >= 15 is 0 Å². The third-order valence-electron chi connectivity index (χ3n) is 6.04. The van der Waals surface area contributed by atoms with Gasteiger partial charge in [-0.2, -0.15) is 5.10 Å². The van der Waals surface area contributed by atoms with E-state index in [0.717, 1.165) is 32.5 Å². The summed E-state index contributed by atoms with van der Waals surface area (Å²) >= 11 is 12.5. The lowest BCUT2D eigenvalue weighted by atomic mass is 10.2. The van der Waals surface area contributed by atoms with E-state index in [1.54, 1.807) is 30.3 Å². The number of carbonyl (C=O) groups excluding carboxylic acids is 1. The highest BCUT2D eigenvalue weighted by molar-refractivity contribution is 7.92. The molecule has 38 heavy (non-hydrogen) atoms. The first-order valence-corrected chi connectivity index (χ1v) is 13.9. The molecule has 0 radical (unpaired) electrons. The Morgan fingerprint density at radius 1 is 0.974 bits per heavy atom. The lowest BCUT2D eigenvalue weighted by Crippen LogP contribution is -2.39. The van der Waals surface area contributed by atoms with E-state index in [2.05, 4.69) is 15.1 Å². The van der Waals surface area contributed by atoms with Gasteiger partial charge >= 0.3 is 0 Å². The van der Waals surface area contributed by atoms with E-state index in [-0.39, 0.29) is 20.6 Å². The van der Waals surface area contributed by atoms with Gasteiger partial charge < -0.3 is 4.57 Å². The number of nitrogens with zero attached hydrogens (tertiary/aromatic N) is 3. The lowest BCUT2D eigenvalue weighted by molar-refractivity contribution is -0.119. The molecule has 0 saturated carbocycles. The van der Waals surface area contributed by atoms with E-state index in [4.69, 9.17) is 23.2 Å². The van der Waals surface area contributed by atoms with Crippen molar-refractivity contribution in [2.75, 3.05) is 10.8 Å². The molecule has 0 spiro atoms. The third kappa shape index (κ3) is 5.62. The summed E-state index contributed by atoms with van der Waals surface area (Å²) in [6, 6.07) is 22.4. The molecular weight excluding hydrogens is 543 g/mol. The van der Waals surface area contributed by atoms with Crippen molar-refractivity contribution in [1.82, 2.24) is 9.99 Å². The number of aromatic nitrogens is 1. The monoisotopic (exact) mass is 568 g/mol. The average molecular weight is 570 g/mol. The van der Waals surface area contributed by atoms with Crippen LogP contribution in [0.3, 0.4) is 0 Å². The number of anilines is 1. The molecule has 3 aromatic carbocycles. The summed E-state index contributed by atoms with van der Waals surface area (Å²) in [5, 5.41) is 4.28. The van der Waals surface area contributed by atoms with Gasteiger partial charge in [-0.05, 0) is 62.7 Å². The number of sulfonamides is 1. The zero-order chi connectivity index (χ0) is 27.4. The maximum atomic E-state index is 13.5. The van der Waals surface area contributed by atoms with Crippen LogP contribution in [-0.2, 0) is 14.8 Å². The molecular formula is C28H26Cl2N4O3S. The molecule has 4 aromatic rings. The second kappa shape index (κ2) is 11.4. The Morgan fingerprint density at radius 3 is 2.37 bits per heavy atom. The molecule has 1 aromatic heterocycles. The van der Waals surface area contributed by atoms with Crippen molar-refractivity contribution < 1.29 is 13.2 Å². The van der Waals surface area contributed by atoms with Gasteiger partial charge in [0.15, 0.2) is 0 Å². The van der Waals surface area contributed by atoms with E-state index in [1.807, 2.05) is 51.1 Å². The molecule has 0 bridgehead atoms. The molecule has 0 aliphatic carbocycles. The van der Waals surface area contributed by atoms with E-state index in [1.165, 1.54) is 24.4 Å². The fraction of sp³-hybridized carbons (Fsp3) is 0.143. The van der Waals surface area contributed by atoms with Crippen molar-refractivity contribution in [3.63, 3.8) is 0 Å². The number of nitrogens with one attached hydrogen (secondary N) is 1. The maximum absolute atomic E-state index is 13.5. The predicted molar refractivity (Wildman–Crippen MR) is 153 cm³/mol. The van der Waals surface area contributed by atoms with Crippen molar-refractivity contribution in [3.8, 4) is 5.69 Å². The van der Waals surface area contributed by atoms with E-state index in [9.17, 15) is 13.2 Å². The SMILES string of the molecule is Cc1ccccc1-n1c(C)cc(/C=N/NC(=O)CN(c2cccc(Cl)c2Cl)S(=O)(=O)c2ccccc2)c1C. The van der Waals surface area contributed by atoms with Gasteiger partial charge in [0.25, 0.3) is 15.9 Å². The van der Waals surface area contributed by atoms with Gasteiger partial charge in [-0.1, -0.05) is 65.7 Å². The summed E-state index contributed by atoms with van der Waals surface area (Å²) in [4.78, 5) is 12.9. The summed E-state index contributed by atoms with van der Waals surface area (Å²) in [6.07, 6.45) is 1.54. The number of benzene rings is 3. The molecule has 4 rings (SSSR count).